The van der Waals surface area contributed by atoms with Crippen LogP contribution in [0, 0.1) is 5.82 Å². The lowest BCUT2D eigenvalue weighted by Crippen LogP contribution is -2.07. The molecule has 1 aromatic carbocycles. The number of phenolic OH excluding ortho intramolecular Hbond substituents is 1. The van der Waals surface area contributed by atoms with Crippen molar-refractivity contribution in [2.45, 2.75) is 6.18 Å². The molecule has 0 aromatic heterocycles. The van der Waals surface area contributed by atoms with Gasteiger partial charge < -0.3 is 10.6 Å². The average Bonchev–Trinajstić information content (AvgIpc) is 1.92. The fourth-order valence-corrected chi connectivity index (χ4v) is 0.730. The van der Waals surface area contributed by atoms with E-state index in [-0.39, 0.29) is 5.48 Å². The van der Waals surface area contributed by atoms with Crippen molar-refractivity contribution in [3.63, 3.8) is 0 Å². The van der Waals surface area contributed by atoms with Gasteiger partial charge in [0, 0.05) is 0 Å². The first-order valence-corrected chi connectivity index (χ1v) is 2.97. The van der Waals surface area contributed by atoms with Gasteiger partial charge >= 0.3 is 6.18 Å². The van der Waals surface area contributed by atoms with Crippen LogP contribution < -0.4 is 0 Å². The van der Waals surface area contributed by atoms with Gasteiger partial charge in [0.05, 0.1) is 5.56 Å². The van der Waals surface area contributed by atoms with Crippen molar-refractivity contribution < 1.29 is 28.1 Å². The van der Waals surface area contributed by atoms with Gasteiger partial charge in [-0.05, 0) is 18.2 Å². The number of halogens is 4. The minimum Gasteiger partial charge on any atom is -0.508 e. The maximum Gasteiger partial charge on any atom is 0.419 e. The number of rotatable bonds is 0. The lowest BCUT2D eigenvalue weighted by Gasteiger charge is -2.07. The van der Waals surface area contributed by atoms with Gasteiger partial charge in [-0.3, -0.25) is 0 Å². The summed E-state index contributed by atoms with van der Waals surface area (Å²) in [6.45, 7) is 0. The van der Waals surface area contributed by atoms with Crippen molar-refractivity contribution in [2.24, 2.45) is 0 Å². The molecule has 13 heavy (non-hydrogen) atoms. The normalized spacial score (nSPS) is 10.8. The summed E-state index contributed by atoms with van der Waals surface area (Å²) in [6.07, 6.45) is -4.76. The zero-order valence-corrected chi connectivity index (χ0v) is 6.19. The summed E-state index contributed by atoms with van der Waals surface area (Å²) in [7, 11) is 0. The fourth-order valence-electron chi connectivity index (χ4n) is 0.730. The second kappa shape index (κ2) is 3.61. The lowest BCUT2D eigenvalue weighted by molar-refractivity contribution is -0.140. The summed E-state index contributed by atoms with van der Waals surface area (Å²) in [5.74, 6) is -2.00. The highest BCUT2D eigenvalue weighted by atomic mass is 19.4. The van der Waals surface area contributed by atoms with Gasteiger partial charge in [0.1, 0.15) is 11.6 Å². The maximum absolute atomic E-state index is 12.4. The number of benzene rings is 1. The Balaban J connectivity index is 0.00000144. The van der Waals surface area contributed by atoms with Gasteiger partial charge in [0.2, 0.25) is 0 Å². The smallest absolute Gasteiger partial charge is 0.419 e. The molecule has 74 valence electrons. The number of alkyl halides is 3. The van der Waals surface area contributed by atoms with E-state index in [1.54, 1.807) is 0 Å². The van der Waals surface area contributed by atoms with E-state index in [1.165, 1.54) is 0 Å². The predicted molar refractivity (Wildman–Crippen MR) is 36.7 cm³/mol. The van der Waals surface area contributed by atoms with E-state index in [0.29, 0.717) is 12.1 Å². The molecule has 0 fully saturated rings. The van der Waals surface area contributed by atoms with Gasteiger partial charge in [0.15, 0.2) is 0 Å². The first kappa shape index (κ1) is 11.7. The Hall–Kier alpha value is -1.30. The molecule has 0 amide bonds. The molecular weight excluding hydrogens is 192 g/mol. The summed E-state index contributed by atoms with van der Waals surface area (Å²) < 4.78 is 48.1. The van der Waals surface area contributed by atoms with E-state index in [0.717, 1.165) is 6.07 Å². The second-order valence-corrected chi connectivity index (χ2v) is 2.16. The molecule has 3 N–H and O–H groups in total. The van der Waals surface area contributed by atoms with Gasteiger partial charge in [-0.2, -0.15) is 13.2 Å². The van der Waals surface area contributed by atoms with Crippen LogP contribution in [0.15, 0.2) is 18.2 Å². The number of aromatic hydroxyl groups is 1. The van der Waals surface area contributed by atoms with Crippen molar-refractivity contribution in [2.75, 3.05) is 0 Å². The second-order valence-electron chi connectivity index (χ2n) is 2.16. The summed E-state index contributed by atoms with van der Waals surface area (Å²) in [5, 5.41) is 8.63. The van der Waals surface area contributed by atoms with Crippen LogP contribution in [0.4, 0.5) is 17.6 Å². The molecule has 0 radical (unpaired) electrons. The lowest BCUT2D eigenvalue weighted by atomic mass is 10.2. The summed E-state index contributed by atoms with van der Waals surface area (Å²) in [5.41, 5.74) is -1.46. The van der Waals surface area contributed by atoms with Crippen LogP contribution in [0.25, 0.3) is 0 Å². The molecule has 1 aromatic rings. The van der Waals surface area contributed by atoms with E-state index in [2.05, 4.69) is 0 Å². The third-order valence-electron chi connectivity index (χ3n) is 1.26. The molecular formula is C7H6F4O2. The Morgan fingerprint density at radius 1 is 1.15 bits per heavy atom. The van der Waals surface area contributed by atoms with E-state index in [9.17, 15) is 17.6 Å². The molecule has 0 aliphatic rings. The van der Waals surface area contributed by atoms with E-state index >= 15 is 0 Å². The first-order chi connectivity index (χ1) is 5.41. The fraction of sp³-hybridized carbons (Fsp3) is 0.143. The van der Waals surface area contributed by atoms with Crippen molar-refractivity contribution in [1.29, 1.82) is 0 Å². The Kier molecular flexibility index (Phi) is 3.25. The van der Waals surface area contributed by atoms with Crippen molar-refractivity contribution >= 4 is 0 Å². The van der Waals surface area contributed by atoms with Gasteiger partial charge in [-0.1, -0.05) is 0 Å². The topological polar surface area (TPSA) is 51.7 Å². The highest BCUT2D eigenvalue weighted by molar-refractivity contribution is 5.30. The summed E-state index contributed by atoms with van der Waals surface area (Å²) >= 11 is 0. The Bertz CT molecular complexity index is 295. The molecule has 0 unspecified atom stereocenters. The van der Waals surface area contributed by atoms with Crippen LogP contribution in [0.3, 0.4) is 0 Å². The first-order valence-electron chi connectivity index (χ1n) is 2.97. The van der Waals surface area contributed by atoms with Crippen LogP contribution in [-0.2, 0) is 6.18 Å². The zero-order chi connectivity index (χ0) is 9.35. The largest absolute Gasteiger partial charge is 0.508 e. The zero-order valence-electron chi connectivity index (χ0n) is 6.19. The predicted octanol–water partition coefficient (Wildman–Crippen LogP) is 1.73. The third-order valence-corrected chi connectivity index (χ3v) is 1.26. The van der Waals surface area contributed by atoms with Crippen LogP contribution in [0.2, 0.25) is 0 Å². The van der Waals surface area contributed by atoms with E-state index < -0.39 is 23.3 Å². The molecule has 1 rings (SSSR count). The maximum atomic E-state index is 12.4. The summed E-state index contributed by atoms with van der Waals surface area (Å²) in [6, 6.07) is 1.76. The molecule has 0 saturated carbocycles. The van der Waals surface area contributed by atoms with Crippen LogP contribution in [0.5, 0.6) is 5.75 Å². The molecule has 0 heterocycles. The van der Waals surface area contributed by atoms with E-state index in [1.807, 2.05) is 0 Å². The van der Waals surface area contributed by atoms with Crippen LogP contribution in [-0.4, -0.2) is 10.6 Å². The van der Waals surface area contributed by atoms with Gasteiger partial charge in [-0.15, -0.1) is 0 Å². The molecule has 2 nitrogen and oxygen atoms in total. The Labute approximate surface area is 70.7 Å². The minimum atomic E-state index is -4.76. The SMILES string of the molecule is O.Oc1ccc(F)c(C(F)(F)F)c1. The molecule has 0 aliphatic heterocycles. The Morgan fingerprint density at radius 3 is 2.08 bits per heavy atom. The number of hydrogen-bond acceptors (Lipinski definition) is 1. The average molecular weight is 198 g/mol. The summed E-state index contributed by atoms with van der Waals surface area (Å²) in [4.78, 5) is 0. The third kappa shape index (κ3) is 2.59. The van der Waals surface area contributed by atoms with Crippen molar-refractivity contribution in [3.8, 4) is 5.75 Å². The van der Waals surface area contributed by atoms with Crippen molar-refractivity contribution in [1.82, 2.24) is 0 Å². The molecule has 0 saturated heterocycles. The molecule has 0 aliphatic carbocycles. The van der Waals surface area contributed by atoms with Gasteiger partial charge in [0.25, 0.3) is 0 Å². The molecule has 0 atom stereocenters. The highest BCUT2D eigenvalue weighted by Crippen LogP contribution is 2.33. The molecule has 0 bridgehead atoms. The molecule has 6 heteroatoms. The van der Waals surface area contributed by atoms with Crippen LogP contribution in [0.1, 0.15) is 5.56 Å². The number of phenols is 1. The highest BCUT2D eigenvalue weighted by Gasteiger charge is 2.34. The monoisotopic (exact) mass is 198 g/mol. The molecule has 0 spiro atoms. The van der Waals surface area contributed by atoms with Crippen LogP contribution >= 0.6 is 0 Å². The minimum absolute atomic E-state index is 0. The Morgan fingerprint density at radius 2 is 1.69 bits per heavy atom. The standard InChI is InChI=1S/C7H4F4O.H2O/c8-6-2-1-4(12)3-5(6)7(9,10)11;/h1-3,12H;1H2. The number of hydrogen-bond donors (Lipinski definition) is 1. The quantitative estimate of drug-likeness (QED) is 0.634. The van der Waals surface area contributed by atoms with E-state index in [4.69, 9.17) is 5.11 Å². The van der Waals surface area contributed by atoms with Crippen molar-refractivity contribution in [3.05, 3.63) is 29.6 Å². The van der Waals surface area contributed by atoms with Gasteiger partial charge in [-0.25, -0.2) is 4.39 Å².